The quantitative estimate of drug-likeness (QED) is 0.791. The number of carbonyl (C=O) groups is 1. The van der Waals surface area contributed by atoms with Crippen LogP contribution in [0.15, 0.2) is 9.52 Å². The molecule has 6 nitrogen and oxygen atoms in total. The number of carbonyl (C=O) groups excluding carboxylic acids is 1. The highest BCUT2D eigenvalue weighted by molar-refractivity contribution is 6.13. The third-order valence-electron chi connectivity index (χ3n) is 3.04. The maximum atomic E-state index is 12.0. The first-order valence-electron chi connectivity index (χ1n) is 5.87. The van der Waals surface area contributed by atoms with E-state index >= 15 is 0 Å². The van der Waals surface area contributed by atoms with Gasteiger partial charge in [0.25, 0.3) is 5.91 Å². The molecule has 1 unspecified atom stereocenters. The van der Waals surface area contributed by atoms with Crippen LogP contribution in [0.5, 0.6) is 0 Å². The molecule has 0 N–H and O–H groups in total. The fourth-order valence-electron chi connectivity index (χ4n) is 1.83. The van der Waals surface area contributed by atoms with Crippen molar-refractivity contribution in [2.45, 2.75) is 38.6 Å². The number of anilines is 1. The van der Waals surface area contributed by atoms with Crippen LogP contribution in [0.25, 0.3) is 0 Å². The van der Waals surface area contributed by atoms with Crippen molar-refractivity contribution in [3.05, 3.63) is 5.82 Å². The Bertz CT molecular complexity index is 476. The van der Waals surface area contributed by atoms with E-state index in [0.29, 0.717) is 11.7 Å². The number of hydrogen-bond acceptors (Lipinski definition) is 5. The Morgan fingerprint density at radius 3 is 2.82 bits per heavy atom. The summed E-state index contributed by atoms with van der Waals surface area (Å²) in [4.78, 5) is 21.8. The third kappa shape index (κ3) is 1.73. The van der Waals surface area contributed by atoms with Crippen molar-refractivity contribution in [2.24, 2.45) is 10.9 Å². The van der Waals surface area contributed by atoms with E-state index in [1.54, 1.807) is 0 Å². The molecule has 1 aliphatic heterocycles. The van der Waals surface area contributed by atoms with E-state index in [2.05, 4.69) is 15.1 Å². The highest BCUT2D eigenvalue weighted by Crippen LogP contribution is 2.38. The molecule has 1 fully saturated rings. The summed E-state index contributed by atoms with van der Waals surface area (Å²) in [5.41, 5.74) is 0. The van der Waals surface area contributed by atoms with Gasteiger partial charge in [0.05, 0.1) is 0 Å². The van der Waals surface area contributed by atoms with Gasteiger partial charge in [0.1, 0.15) is 12.4 Å². The maximum Gasteiger partial charge on any atom is 0.336 e. The van der Waals surface area contributed by atoms with Crippen LogP contribution in [0.1, 0.15) is 38.4 Å². The van der Waals surface area contributed by atoms with Crippen molar-refractivity contribution in [3.63, 3.8) is 0 Å². The molecule has 0 spiro atoms. The molecule has 1 atom stereocenters. The minimum atomic E-state index is -0.328. The predicted molar refractivity (Wildman–Crippen MR) is 60.9 cm³/mol. The van der Waals surface area contributed by atoms with Gasteiger partial charge in [-0.05, 0) is 18.8 Å². The molecule has 0 radical (unpaired) electrons. The van der Waals surface area contributed by atoms with Crippen molar-refractivity contribution < 1.29 is 9.32 Å². The lowest BCUT2D eigenvalue weighted by Gasteiger charge is -2.11. The first kappa shape index (κ1) is 10.4. The highest BCUT2D eigenvalue weighted by atomic mass is 16.5. The van der Waals surface area contributed by atoms with Gasteiger partial charge < -0.3 is 4.52 Å². The second kappa shape index (κ2) is 3.65. The molecule has 1 aromatic rings. The summed E-state index contributed by atoms with van der Waals surface area (Å²) in [5.74, 6) is 1.21. The average Bonchev–Trinajstić information content (AvgIpc) is 2.89. The zero-order chi connectivity index (χ0) is 12.0. The second-order valence-corrected chi connectivity index (χ2v) is 4.87. The van der Waals surface area contributed by atoms with Crippen molar-refractivity contribution >= 4 is 18.3 Å². The minimum absolute atomic E-state index is 0.0917. The molecule has 1 saturated carbocycles. The summed E-state index contributed by atoms with van der Waals surface area (Å²) < 4.78 is 5.10. The van der Waals surface area contributed by atoms with Crippen molar-refractivity contribution in [1.29, 1.82) is 0 Å². The van der Waals surface area contributed by atoms with Crippen LogP contribution in [0.2, 0.25) is 0 Å². The molecule has 1 aromatic heterocycles. The summed E-state index contributed by atoms with van der Waals surface area (Å²) in [6.45, 7) is 3.93. The van der Waals surface area contributed by atoms with Crippen LogP contribution in [0.4, 0.5) is 6.01 Å². The van der Waals surface area contributed by atoms with Gasteiger partial charge >= 0.3 is 6.01 Å². The monoisotopic (exact) mass is 234 g/mol. The van der Waals surface area contributed by atoms with E-state index in [1.165, 1.54) is 11.2 Å². The van der Waals surface area contributed by atoms with Crippen LogP contribution in [-0.4, -0.2) is 28.4 Å². The van der Waals surface area contributed by atoms with Gasteiger partial charge in [0.15, 0.2) is 5.82 Å². The van der Waals surface area contributed by atoms with Gasteiger partial charge in [-0.15, -0.1) is 0 Å². The molecule has 1 amide bonds. The van der Waals surface area contributed by atoms with Gasteiger partial charge in [0.2, 0.25) is 0 Å². The Morgan fingerprint density at radius 1 is 1.47 bits per heavy atom. The first-order valence-corrected chi connectivity index (χ1v) is 5.87. The zero-order valence-corrected chi connectivity index (χ0v) is 9.83. The largest absolute Gasteiger partial charge is 0.336 e. The molecular formula is C11H14N4O2. The fraction of sp³-hybridized carbons (Fsp3) is 0.636. The summed E-state index contributed by atoms with van der Waals surface area (Å²) in [6, 6.07) is -0.0879. The van der Waals surface area contributed by atoms with E-state index in [0.717, 1.165) is 12.8 Å². The lowest BCUT2D eigenvalue weighted by atomic mass is 10.1. The summed E-state index contributed by atoms with van der Waals surface area (Å²) in [7, 11) is 0. The Hall–Kier alpha value is -1.72. The molecule has 2 heterocycles. The lowest BCUT2D eigenvalue weighted by Crippen LogP contribution is -2.33. The highest BCUT2D eigenvalue weighted by Gasteiger charge is 2.36. The van der Waals surface area contributed by atoms with E-state index in [9.17, 15) is 4.79 Å². The number of rotatable bonds is 3. The number of hydrogen-bond donors (Lipinski definition) is 0. The Kier molecular flexibility index (Phi) is 2.24. The molecular weight excluding hydrogens is 220 g/mol. The van der Waals surface area contributed by atoms with Crippen LogP contribution < -0.4 is 4.90 Å². The van der Waals surface area contributed by atoms with Crippen LogP contribution in [-0.2, 0) is 4.79 Å². The van der Waals surface area contributed by atoms with E-state index in [4.69, 9.17) is 4.52 Å². The number of nitrogens with zero attached hydrogens (tertiary/aromatic N) is 4. The van der Waals surface area contributed by atoms with E-state index < -0.39 is 0 Å². The Labute approximate surface area is 98.7 Å². The molecule has 0 saturated heterocycles. The lowest BCUT2D eigenvalue weighted by molar-refractivity contribution is -0.119. The molecule has 1 aliphatic carbocycles. The Balaban J connectivity index is 1.80. The van der Waals surface area contributed by atoms with Crippen molar-refractivity contribution in [2.75, 3.05) is 4.90 Å². The average molecular weight is 234 g/mol. The Morgan fingerprint density at radius 2 is 2.24 bits per heavy atom. The first-order chi connectivity index (χ1) is 8.16. The fourth-order valence-corrected chi connectivity index (χ4v) is 1.83. The summed E-state index contributed by atoms with van der Waals surface area (Å²) >= 11 is 0. The molecule has 0 aromatic carbocycles. The van der Waals surface area contributed by atoms with Gasteiger partial charge in [0, 0.05) is 5.92 Å². The maximum absolute atomic E-state index is 12.0. The van der Waals surface area contributed by atoms with Crippen molar-refractivity contribution in [3.8, 4) is 0 Å². The summed E-state index contributed by atoms with van der Waals surface area (Å²) in [6.07, 6.45) is 3.70. The van der Waals surface area contributed by atoms with Gasteiger partial charge in [-0.3, -0.25) is 9.79 Å². The van der Waals surface area contributed by atoms with Gasteiger partial charge in [-0.2, -0.15) is 4.98 Å². The summed E-state index contributed by atoms with van der Waals surface area (Å²) in [5, 5.41) is 3.89. The smallest absolute Gasteiger partial charge is 0.314 e. The number of aliphatic imine (C=N–C) groups is 1. The van der Waals surface area contributed by atoms with E-state index in [1.807, 2.05) is 13.8 Å². The predicted octanol–water partition coefficient (Wildman–Crippen LogP) is 1.35. The van der Waals surface area contributed by atoms with Crippen molar-refractivity contribution in [1.82, 2.24) is 10.1 Å². The SMILES string of the molecule is CC(C)C1N=CN(c2nc(C3CC3)no2)C1=O. The van der Waals surface area contributed by atoms with E-state index in [-0.39, 0.29) is 23.9 Å². The standard InChI is InChI=1S/C11H14N4O2/c1-6(2)8-10(16)15(5-12-8)11-13-9(14-17-11)7-3-4-7/h5-8H,3-4H2,1-2H3. The normalized spacial score (nSPS) is 24.1. The molecule has 2 aliphatic rings. The molecule has 3 rings (SSSR count). The zero-order valence-electron chi connectivity index (χ0n) is 9.83. The third-order valence-corrected chi connectivity index (χ3v) is 3.04. The van der Waals surface area contributed by atoms with Gasteiger partial charge in [-0.1, -0.05) is 19.0 Å². The minimum Gasteiger partial charge on any atom is -0.314 e. The molecule has 17 heavy (non-hydrogen) atoms. The second-order valence-electron chi connectivity index (χ2n) is 4.87. The topological polar surface area (TPSA) is 71.6 Å². The number of amides is 1. The number of aromatic nitrogens is 2. The van der Waals surface area contributed by atoms with Gasteiger partial charge in [-0.25, -0.2) is 4.90 Å². The molecule has 0 bridgehead atoms. The van der Waals surface area contributed by atoms with Crippen LogP contribution in [0, 0.1) is 5.92 Å². The van der Waals surface area contributed by atoms with Crippen LogP contribution >= 0.6 is 0 Å². The van der Waals surface area contributed by atoms with Crippen LogP contribution in [0.3, 0.4) is 0 Å². The molecule has 6 heteroatoms. The molecule has 90 valence electrons.